The van der Waals surface area contributed by atoms with Crippen LogP contribution >= 0.6 is 0 Å². The summed E-state index contributed by atoms with van der Waals surface area (Å²) in [7, 11) is 0. The van der Waals surface area contributed by atoms with Crippen molar-refractivity contribution < 1.29 is 4.74 Å². The Hall–Kier alpha value is -3.25. The maximum Gasteiger partial charge on any atom is 0.128 e. The van der Waals surface area contributed by atoms with Gasteiger partial charge in [0.1, 0.15) is 5.82 Å². The fraction of sp³-hybridized carbons (Fsp3) is 0.190. The third kappa shape index (κ3) is 3.04. The molecule has 4 aromatic rings. The minimum Gasteiger partial charge on any atom is -0.378 e. The molecule has 6 heteroatoms. The lowest BCUT2D eigenvalue weighted by molar-refractivity contribution is 0.122. The van der Waals surface area contributed by atoms with Gasteiger partial charge in [0.05, 0.1) is 31.3 Å². The van der Waals surface area contributed by atoms with Gasteiger partial charge in [-0.3, -0.25) is 4.98 Å². The van der Waals surface area contributed by atoms with E-state index in [0.717, 1.165) is 59.9 Å². The molecule has 5 rings (SSSR count). The van der Waals surface area contributed by atoms with Gasteiger partial charge in [-0.1, -0.05) is 0 Å². The lowest BCUT2D eigenvalue weighted by atomic mass is 10.0. The molecule has 5 heterocycles. The van der Waals surface area contributed by atoms with Crippen LogP contribution in [0.1, 0.15) is 0 Å². The summed E-state index contributed by atoms with van der Waals surface area (Å²) < 4.78 is 7.48. The quantitative estimate of drug-likeness (QED) is 0.563. The summed E-state index contributed by atoms with van der Waals surface area (Å²) in [5, 5.41) is 0. The van der Waals surface area contributed by atoms with Crippen LogP contribution < -0.4 is 4.90 Å². The Balaban J connectivity index is 1.55. The summed E-state index contributed by atoms with van der Waals surface area (Å²) in [6.07, 6.45) is 11.4. The maximum absolute atomic E-state index is 5.42. The smallest absolute Gasteiger partial charge is 0.128 e. The van der Waals surface area contributed by atoms with Gasteiger partial charge in [-0.2, -0.15) is 0 Å². The second-order valence-corrected chi connectivity index (χ2v) is 6.57. The van der Waals surface area contributed by atoms with Crippen molar-refractivity contribution in [2.75, 3.05) is 31.2 Å². The molecule has 134 valence electrons. The van der Waals surface area contributed by atoms with E-state index >= 15 is 0 Å². The third-order valence-corrected chi connectivity index (χ3v) is 4.93. The van der Waals surface area contributed by atoms with Crippen LogP contribution in [0, 0.1) is 0 Å². The number of hydrogen-bond donors (Lipinski definition) is 0. The molecule has 1 saturated heterocycles. The first-order valence-electron chi connectivity index (χ1n) is 9.04. The molecule has 1 aliphatic rings. The van der Waals surface area contributed by atoms with Gasteiger partial charge in [0.25, 0.3) is 0 Å². The molecular weight excluding hydrogens is 338 g/mol. The molecule has 0 saturated carbocycles. The Morgan fingerprint density at radius 3 is 2.48 bits per heavy atom. The number of nitrogens with zero attached hydrogens (tertiary/aromatic N) is 5. The Labute approximate surface area is 157 Å². The summed E-state index contributed by atoms with van der Waals surface area (Å²) in [6, 6.07) is 10.5. The van der Waals surface area contributed by atoms with Crippen molar-refractivity contribution in [2.24, 2.45) is 0 Å². The molecule has 0 spiro atoms. The van der Waals surface area contributed by atoms with E-state index in [0.29, 0.717) is 0 Å². The Kier molecular flexibility index (Phi) is 4.03. The lowest BCUT2D eigenvalue weighted by Crippen LogP contribution is -2.36. The minimum absolute atomic E-state index is 0.760. The van der Waals surface area contributed by atoms with Gasteiger partial charge in [0.15, 0.2) is 0 Å². The molecule has 6 nitrogen and oxygen atoms in total. The SMILES string of the molecule is c1cc(-c2cc(-c3ccc(N4CCOCC4)nc3)cn3cncc23)ccn1. The summed E-state index contributed by atoms with van der Waals surface area (Å²) in [5.74, 6) is 1.00. The molecule has 0 N–H and O–H groups in total. The van der Waals surface area contributed by atoms with E-state index in [4.69, 9.17) is 4.74 Å². The fourth-order valence-electron chi connectivity index (χ4n) is 3.49. The number of rotatable bonds is 3. The van der Waals surface area contributed by atoms with Crippen molar-refractivity contribution in [2.45, 2.75) is 0 Å². The average Bonchev–Trinajstić information content (AvgIpc) is 3.23. The normalized spacial score (nSPS) is 14.6. The van der Waals surface area contributed by atoms with Gasteiger partial charge in [-0.15, -0.1) is 0 Å². The zero-order valence-corrected chi connectivity index (χ0v) is 14.8. The van der Waals surface area contributed by atoms with E-state index in [1.54, 1.807) is 0 Å². The second-order valence-electron chi connectivity index (χ2n) is 6.57. The van der Waals surface area contributed by atoms with Crippen molar-refractivity contribution in [3.8, 4) is 22.3 Å². The predicted octanol–water partition coefficient (Wildman–Crippen LogP) is 3.29. The average molecular weight is 357 g/mol. The van der Waals surface area contributed by atoms with Crippen molar-refractivity contribution >= 4 is 11.3 Å². The highest BCUT2D eigenvalue weighted by atomic mass is 16.5. The number of fused-ring (bicyclic) bond motifs is 1. The summed E-state index contributed by atoms with van der Waals surface area (Å²) in [5.41, 5.74) is 5.51. The Morgan fingerprint density at radius 1 is 0.852 bits per heavy atom. The summed E-state index contributed by atoms with van der Waals surface area (Å²) in [4.78, 5) is 15.4. The predicted molar refractivity (Wildman–Crippen MR) is 105 cm³/mol. The van der Waals surface area contributed by atoms with Crippen LogP contribution in [0.4, 0.5) is 5.82 Å². The van der Waals surface area contributed by atoms with Gasteiger partial charge in [-0.05, 0) is 35.9 Å². The highest BCUT2D eigenvalue weighted by molar-refractivity contribution is 5.84. The molecule has 0 aromatic carbocycles. The molecule has 0 bridgehead atoms. The summed E-state index contributed by atoms with van der Waals surface area (Å²) in [6.45, 7) is 3.30. The lowest BCUT2D eigenvalue weighted by Gasteiger charge is -2.27. The number of aromatic nitrogens is 4. The van der Waals surface area contributed by atoms with Gasteiger partial charge >= 0.3 is 0 Å². The van der Waals surface area contributed by atoms with Crippen molar-refractivity contribution in [1.29, 1.82) is 0 Å². The number of imidazole rings is 1. The Morgan fingerprint density at radius 2 is 1.70 bits per heavy atom. The molecule has 27 heavy (non-hydrogen) atoms. The van der Waals surface area contributed by atoms with Crippen LogP contribution in [-0.4, -0.2) is 45.7 Å². The molecule has 0 amide bonds. The molecule has 1 fully saturated rings. The van der Waals surface area contributed by atoms with Crippen LogP contribution in [0.5, 0.6) is 0 Å². The molecule has 0 radical (unpaired) electrons. The van der Waals surface area contributed by atoms with Crippen molar-refractivity contribution in [3.63, 3.8) is 0 Å². The number of hydrogen-bond acceptors (Lipinski definition) is 5. The highest BCUT2D eigenvalue weighted by Gasteiger charge is 2.13. The first-order chi connectivity index (χ1) is 13.4. The zero-order chi connectivity index (χ0) is 18.1. The van der Waals surface area contributed by atoms with Crippen LogP contribution in [-0.2, 0) is 4.74 Å². The first-order valence-corrected chi connectivity index (χ1v) is 9.04. The van der Waals surface area contributed by atoms with Gasteiger partial charge in [0, 0.05) is 54.6 Å². The largest absolute Gasteiger partial charge is 0.378 e. The monoisotopic (exact) mass is 357 g/mol. The second kappa shape index (κ2) is 6.81. The molecule has 0 aliphatic carbocycles. The molecule has 0 atom stereocenters. The van der Waals surface area contributed by atoms with Crippen LogP contribution in [0.3, 0.4) is 0 Å². The third-order valence-electron chi connectivity index (χ3n) is 4.93. The number of ether oxygens (including phenoxy) is 1. The number of anilines is 1. The van der Waals surface area contributed by atoms with Gasteiger partial charge in [-0.25, -0.2) is 9.97 Å². The molecular formula is C21H19N5O. The maximum atomic E-state index is 5.42. The van der Waals surface area contributed by atoms with Gasteiger partial charge in [0.2, 0.25) is 0 Å². The Bertz CT molecular complexity index is 1050. The van der Waals surface area contributed by atoms with Gasteiger partial charge < -0.3 is 14.0 Å². The first kappa shape index (κ1) is 16.0. The minimum atomic E-state index is 0.760. The summed E-state index contributed by atoms with van der Waals surface area (Å²) >= 11 is 0. The van der Waals surface area contributed by atoms with E-state index in [9.17, 15) is 0 Å². The van der Waals surface area contributed by atoms with E-state index in [2.05, 4.69) is 48.6 Å². The van der Waals surface area contributed by atoms with Crippen molar-refractivity contribution in [3.05, 3.63) is 67.6 Å². The van der Waals surface area contributed by atoms with E-state index in [1.165, 1.54) is 0 Å². The molecule has 4 aromatic heterocycles. The highest BCUT2D eigenvalue weighted by Crippen LogP contribution is 2.30. The standard InChI is InChI=1S/C21H19N5O/c1-2-21(25-7-9-27-10-8-25)24-12-17(1)18-11-19(16-3-5-22-6-4-16)20-13-23-15-26(20)14-18/h1-6,11-15H,7-10H2. The zero-order valence-electron chi connectivity index (χ0n) is 14.8. The van der Waals surface area contributed by atoms with E-state index in [1.807, 2.05) is 43.2 Å². The van der Waals surface area contributed by atoms with E-state index in [-0.39, 0.29) is 0 Å². The fourth-order valence-corrected chi connectivity index (χ4v) is 3.49. The molecule has 1 aliphatic heterocycles. The molecule has 0 unspecified atom stereocenters. The topological polar surface area (TPSA) is 55.5 Å². The van der Waals surface area contributed by atoms with E-state index < -0.39 is 0 Å². The van der Waals surface area contributed by atoms with Crippen molar-refractivity contribution in [1.82, 2.24) is 19.4 Å². The van der Waals surface area contributed by atoms with Crippen LogP contribution in [0.15, 0.2) is 67.6 Å². The number of morpholine rings is 1. The van der Waals surface area contributed by atoms with Crippen LogP contribution in [0.2, 0.25) is 0 Å². The van der Waals surface area contributed by atoms with Crippen LogP contribution in [0.25, 0.3) is 27.8 Å². The number of pyridine rings is 3.